The number of hydrogen-bond acceptors (Lipinski definition) is 4. The lowest BCUT2D eigenvalue weighted by atomic mass is 9.98. The fraction of sp³-hybridized carbons (Fsp3) is 0.294. The molecule has 4 rings (SSSR count). The van der Waals surface area contributed by atoms with Gasteiger partial charge >= 0.3 is 0 Å². The second-order valence-corrected chi connectivity index (χ2v) is 7.96. The average molecular weight is 395 g/mol. The summed E-state index contributed by atoms with van der Waals surface area (Å²) < 4.78 is 2.73. The van der Waals surface area contributed by atoms with Crippen molar-refractivity contribution in [1.29, 1.82) is 0 Å². The van der Waals surface area contributed by atoms with Crippen molar-refractivity contribution in [2.24, 2.45) is 12.8 Å². The minimum absolute atomic E-state index is 0.0304. The van der Waals surface area contributed by atoms with Crippen LogP contribution >= 0.6 is 34.5 Å². The van der Waals surface area contributed by atoms with E-state index in [4.69, 9.17) is 28.9 Å². The molecule has 1 aliphatic heterocycles. The summed E-state index contributed by atoms with van der Waals surface area (Å²) in [7, 11) is 1.89. The minimum atomic E-state index is -0.0304. The standard InChI is InChI=1S/C17H16Cl2N4OS/c1-22-4-3-12(21-22)10-6-11(18)16(19)17-15(10)9-2-5-23(14(24)7-20)8-13(9)25-17/h3-4,6H,2,5,7-8,20H2,1H3. The molecule has 8 heteroatoms. The molecule has 0 bridgehead atoms. The number of thiophene rings is 1. The van der Waals surface area contributed by atoms with Crippen LogP contribution in [0.3, 0.4) is 0 Å². The second kappa shape index (κ2) is 6.29. The molecule has 5 nitrogen and oxygen atoms in total. The van der Waals surface area contributed by atoms with Crippen LogP contribution in [0.2, 0.25) is 10.0 Å². The summed E-state index contributed by atoms with van der Waals surface area (Å²) in [6, 6.07) is 3.86. The summed E-state index contributed by atoms with van der Waals surface area (Å²) >= 11 is 14.5. The van der Waals surface area contributed by atoms with Gasteiger partial charge in [-0.05, 0) is 24.1 Å². The Morgan fingerprint density at radius 2 is 2.24 bits per heavy atom. The van der Waals surface area contributed by atoms with E-state index in [2.05, 4.69) is 5.10 Å². The number of nitrogens with two attached hydrogens (primary N) is 1. The highest BCUT2D eigenvalue weighted by molar-refractivity contribution is 7.20. The molecule has 25 heavy (non-hydrogen) atoms. The van der Waals surface area contributed by atoms with E-state index in [1.54, 1.807) is 20.9 Å². The molecule has 1 amide bonds. The molecule has 2 N–H and O–H groups in total. The van der Waals surface area contributed by atoms with Gasteiger partial charge in [0.1, 0.15) is 0 Å². The molecular formula is C17H16Cl2N4OS. The topological polar surface area (TPSA) is 64.2 Å². The SMILES string of the molecule is Cn1ccc(-c2cc(Cl)c(Cl)c3sc4c(c23)CCN(C(=O)CN)C4)n1. The van der Waals surface area contributed by atoms with Crippen molar-refractivity contribution in [2.75, 3.05) is 13.1 Å². The normalized spacial score (nSPS) is 14.2. The highest BCUT2D eigenvalue weighted by atomic mass is 35.5. The Bertz CT molecular complexity index is 994. The molecule has 3 aromatic rings. The zero-order valence-electron chi connectivity index (χ0n) is 13.6. The van der Waals surface area contributed by atoms with Crippen molar-refractivity contribution in [1.82, 2.24) is 14.7 Å². The van der Waals surface area contributed by atoms with Gasteiger partial charge in [0.05, 0.1) is 33.5 Å². The molecule has 0 saturated heterocycles. The summed E-state index contributed by atoms with van der Waals surface area (Å²) in [5, 5.41) is 6.71. The third kappa shape index (κ3) is 2.73. The molecule has 0 atom stereocenters. The number of halogens is 2. The highest BCUT2D eigenvalue weighted by Crippen LogP contribution is 2.46. The van der Waals surface area contributed by atoms with Gasteiger partial charge in [0.2, 0.25) is 5.91 Å². The van der Waals surface area contributed by atoms with Gasteiger partial charge in [-0.15, -0.1) is 11.3 Å². The van der Waals surface area contributed by atoms with E-state index in [0.29, 0.717) is 23.1 Å². The molecule has 0 spiro atoms. The minimum Gasteiger partial charge on any atom is -0.336 e. The van der Waals surface area contributed by atoms with Gasteiger partial charge in [0.25, 0.3) is 0 Å². The summed E-state index contributed by atoms with van der Waals surface area (Å²) in [6.07, 6.45) is 2.68. The zero-order chi connectivity index (χ0) is 17.7. The molecule has 1 aliphatic rings. The van der Waals surface area contributed by atoms with Gasteiger partial charge in [-0.2, -0.15) is 5.10 Å². The first-order valence-corrected chi connectivity index (χ1v) is 9.47. The molecule has 1 aromatic carbocycles. The number of carbonyl (C=O) groups is 1. The van der Waals surface area contributed by atoms with Gasteiger partial charge in [-0.3, -0.25) is 9.48 Å². The number of nitrogens with zero attached hydrogens (tertiary/aromatic N) is 3. The molecule has 0 unspecified atom stereocenters. The maximum atomic E-state index is 11.9. The number of aryl methyl sites for hydroxylation is 1. The van der Waals surface area contributed by atoms with Crippen LogP contribution in [0, 0.1) is 0 Å². The van der Waals surface area contributed by atoms with Crippen LogP contribution in [-0.4, -0.2) is 33.7 Å². The first-order valence-electron chi connectivity index (χ1n) is 7.89. The van der Waals surface area contributed by atoms with Crippen LogP contribution in [0.4, 0.5) is 0 Å². The van der Waals surface area contributed by atoms with Crippen LogP contribution in [0.25, 0.3) is 21.3 Å². The number of fused-ring (bicyclic) bond motifs is 3. The van der Waals surface area contributed by atoms with Crippen molar-refractivity contribution < 1.29 is 4.79 Å². The van der Waals surface area contributed by atoms with E-state index in [0.717, 1.165) is 32.6 Å². The van der Waals surface area contributed by atoms with Gasteiger partial charge in [0.15, 0.2) is 0 Å². The molecule has 0 radical (unpaired) electrons. The first kappa shape index (κ1) is 16.8. The van der Waals surface area contributed by atoms with Crippen molar-refractivity contribution in [3.05, 3.63) is 38.8 Å². The molecular weight excluding hydrogens is 379 g/mol. The van der Waals surface area contributed by atoms with Crippen molar-refractivity contribution in [3.63, 3.8) is 0 Å². The Hall–Kier alpha value is -1.60. The lowest BCUT2D eigenvalue weighted by Crippen LogP contribution is -2.39. The molecule has 3 heterocycles. The van der Waals surface area contributed by atoms with E-state index in [1.165, 1.54) is 5.56 Å². The summed E-state index contributed by atoms with van der Waals surface area (Å²) in [5.41, 5.74) is 8.60. The highest BCUT2D eigenvalue weighted by Gasteiger charge is 2.27. The summed E-state index contributed by atoms with van der Waals surface area (Å²) in [5.74, 6) is -0.0304. The first-order chi connectivity index (χ1) is 12.0. The number of carbonyl (C=O) groups excluding carboxylic acids is 1. The largest absolute Gasteiger partial charge is 0.336 e. The predicted octanol–water partition coefficient (Wildman–Crippen LogP) is 3.45. The summed E-state index contributed by atoms with van der Waals surface area (Å²) in [6.45, 7) is 1.27. The Morgan fingerprint density at radius 3 is 2.92 bits per heavy atom. The third-order valence-electron chi connectivity index (χ3n) is 4.52. The van der Waals surface area contributed by atoms with Gasteiger partial charge < -0.3 is 10.6 Å². The molecule has 130 valence electrons. The van der Waals surface area contributed by atoms with E-state index in [9.17, 15) is 4.79 Å². The van der Waals surface area contributed by atoms with Crippen LogP contribution in [0.1, 0.15) is 10.4 Å². The van der Waals surface area contributed by atoms with Crippen LogP contribution in [0.15, 0.2) is 18.3 Å². The average Bonchev–Trinajstić information content (AvgIpc) is 3.20. The molecule has 0 aliphatic carbocycles. The number of hydrogen-bond donors (Lipinski definition) is 1. The second-order valence-electron chi connectivity index (χ2n) is 6.07. The Balaban J connectivity index is 1.93. The van der Waals surface area contributed by atoms with Crippen LogP contribution in [0.5, 0.6) is 0 Å². The monoisotopic (exact) mass is 394 g/mol. The van der Waals surface area contributed by atoms with E-state index >= 15 is 0 Å². The van der Waals surface area contributed by atoms with Gasteiger partial charge in [0, 0.05) is 35.6 Å². The molecule has 0 saturated carbocycles. The summed E-state index contributed by atoms with van der Waals surface area (Å²) in [4.78, 5) is 14.9. The quantitative estimate of drug-likeness (QED) is 0.723. The fourth-order valence-electron chi connectivity index (χ4n) is 3.32. The zero-order valence-corrected chi connectivity index (χ0v) is 15.9. The van der Waals surface area contributed by atoms with Crippen LogP contribution < -0.4 is 5.73 Å². The van der Waals surface area contributed by atoms with Gasteiger partial charge in [-0.1, -0.05) is 23.2 Å². The lowest BCUT2D eigenvalue weighted by Gasteiger charge is -2.26. The number of rotatable bonds is 2. The van der Waals surface area contributed by atoms with Crippen molar-refractivity contribution >= 4 is 50.5 Å². The molecule has 0 fully saturated rings. The molecule has 2 aromatic heterocycles. The Kier molecular flexibility index (Phi) is 4.24. The fourth-order valence-corrected chi connectivity index (χ4v) is 5.17. The number of amides is 1. The smallest absolute Gasteiger partial charge is 0.236 e. The van der Waals surface area contributed by atoms with Gasteiger partial charge in [-0.25, -0.2) is 0 Å². The Labute approximate surface area is 158 Å². The number of benzene rings is 1. The number of aromatic nitrogens is 2. The maximum absolute atomic E-state index is 11.9. The van der Waals surface area contributed by atoms with E-state index < -0.39 is 0 Å². The Morgan fingerprint density at radius 1 is 1.44 bits per heavy atom. The van der Waals surface area contributed by atoms with Crippen LogP contribution in [-0.2, 0) is 24.8 Å². The lowest BCUT2D eigenvalue weighted by molar-refractivity contribution is -0.130. The van der Waals surface area contributed by atoms with Crippen molar-refractivity contribution in [3.8, 4) is 11.3 Å². The van der Waals surface area contributed by atoms with Crippen molar-refractivity contribution in [2.45, 2.75) is 13.0 Å². The third-order valence-corrected chi connectivity index (χ3v) is 6.66. The predicted molar refractivity (Wildman–Crippen MR) is 102 cm³/mol. The van der Waals surface area contributed by atoms with E-state index in [1.807, 2.05) is 25.4 Å². The van der Waals surface area contributed by atoms with E-state index in [-0.39, 0.29) is 12.5 Å². The maximum Gasteiger partial charge on any atom is 0.236 e.